The zero-order valence-corrected chi connectivity index (χ0v) is 12.0. The van der Waals surface area contributed by atoms with Crippen LogP contribution < -0.4 is 5.32 Å². The smallest absolute Gasteiger partial charge is 0.325 e. The fourth-order valence-corrected chi connectivity index (χ4v) is 2.49. The van der Waals surface area contributed by atoms with Crippen molar-refractivity contribution in [1.82, 2.24) is 5.32 Å². The number of hydrogen-bond donors (Lipinski definition) is 2. The molecule has 0 spiro atoms. The van der Waals surface area contributed by atoms with Crippen LogP contribution in [0.3, 0.4) is 0 Å². The Morgan fingerprint density at radius 1 is 1.19 bits per heavy atom. The number of carbonyl (C=O) groups excluding carboxylic acids is 2. The van der Waals surface area contributed by atoms with Crippen molar-refractivity contribution < 1.29 is 19.5 Å². The van der Waals surface area contributed by atoms with E-state index in [-0.39, 0.29) is 18.6 Å². The Hall–Kier alpha value is -2.17. The number of carboxylic acid groups (broad SMARTS) is 1. The number of carboxylic acids is 1. The molecule has 0 fully saturated rings. The van der Waals surface area contributed by atoms with E-state index in [1.54, 1.807) is 0 Å². The number of carbonyl (C=O) groups is 3. The molecule has 1 atom stereocenters. The van der Waals surface area contributed by atoms with Gasteiger partial charge >= 0.3 is 5.97 Å². The lowest BCUT2D eigenvalue weighted by Gasteiger charge is -2.09. The summed E-state index contributed by atoms with van der Waals surface area (Å²) >= 11 is 0. The van der Waals surface area contributed by atoms with E-state index in [0.29, 0.717) is 5.56 Å². The van der Waals surface area contributed by atoms with Crippen molar-refractivity contribution in [3.8, 4) is 0 Å². The number of amides is 1. The number of nitrogens with one attached hydrogen (secondary N) is 1. The summed E-state index contributed by atoms with van der Waals surface area (Å²) in [5.41, 5.74) is 3.17. The van der Waals surface area contributed by atoms with E-state index in [9.17, 15) is 14.4 Å². The van der Waals surface area contributed by atoms with Gasteiger partial charge in [0, 0.05) is 18.4 Å². The van der Waals surface area contributed by atoms with Crippen LogP contribution >= 0.6 is 0 Å². The van der Waals surface area contributed by atoms with E-state index in [2.05, 4.69) is 5.32 Å². The molecule has 0 unspecified atom stereocenters. The van der Waals surface area contributed by atoms with Crippen molar-refractivity contribution in [3.63, 3.8) is 0 Å². The summed E-state index contributed by atoms with van der Waals surface area (Å²) in [6, 6.07) is 4.78. The zero-order valence-electron chi connectivity index (χ0n) is 12.0. The molecule has 2 rings (SSSR count). The van der Waals surface area contributed by atoms with Crippen LogP contribution in [0.25, 0.3) is 0 Å². The summed E-state index contributed by atoms with van der Waals surface area (Å²) in [6.45, 7) is 1.39. The van der Waals surface area contributed by atoms with Crippen LogP contribution in [0.4, 0.5) is 0 Å². The Labute approximate surface area is 123 Å². The molecule has 1 aliphatic carbocycles. The summed E-state index contributed by atoms with van der Waals surface area (Å²) in [4.78, 5) is 34.2. The van der Waals surface area contributed by atoms with Crippen molar-refractivity contribution in [2.24, 2.45) is 0 Å². The number of fused-ring (bicyclic) bond motifs is 1. The average molecular weight is 289 g/mol. The van der Waals surface area contributed by atoms with E-state index in [1.165, 1.54) is 18.1 Å². The Morgan fingerprint density at radius 2 is 1.90 bits per heavy atom. The van der Waals surface area contributed by atoms with Crippen molar-refractivity contribution in [3.05, 3.63) is 34.9 Å². The Balaban J connectivity index is 1.87. The lowest BCUT2D eigenvalue weighted by Crippen LogP contribution is -2.38. The third-order valence-corrected chi connectivity index (χ3v) is 3.75. The van der Waals surface area contributed by atoms with Crippen molar-refractivity contribution in [2.45, 2.75) is 45.1 Å². The fraction of sp³-hybridized carbons (Fsp3) is 0.438. The van der Waals surface area contributed by atoms with Crippen LogP contribution in [0, 0.1) is 0 Å². The van der Waals surface area contributed by atoms with Crippen LogP contribution in [0.1, 0.15) is 47.7 Å². The van der Waals surface area contributed by atoms with Gasteiger partial charge in [0.05, 0.1) is 0 Å². The maximum absolute atomic E-state index is 12.1. The molecule has 0 saturated heterocycles. The summed E-state index contributed by atoms with van der Waals surface area (Å²) in [5, 5.41) is 11.0. The van der Waals surface area contributed by atoms with Crippen molar-refractivity contribution in [1.29, 1.82) is 0 Å². The summed E-state index contributed by atoms with van der Waals surface area (Å²) < 4.78 is 0. The number of aryl methyl sites for hydroxylation is 2. The molecule has 1 amide bonds. The molecule has 1 aromatic carbocycles. The third-order valence-electron chi connectivity index (χ3n) is 3.75. The SMILES string of the molecule is C[C@H](NC(=O)CCC(=O)c1ccc2c(c1)CCC2)C(=O)O. The van der Waals surface area contributed by atoms with E-state index in [4.69, 9.17) is 5.11 Å². The summed E-state index contributed by atoms with van der Waals surface area (Å²) in [7, 11) is 0. The molecule has 0 radical (unpaired) electrons. The van der Waals surface area contributed by atoms with Gasteiger partial charge in [-0.3, -0.25) is 14.4 Å². The van der Waals surface area contributed by atoms with Gasteiger partial charge in [0.25, 0.3) is 0 Å². The highest BCUT2D eigenvalue weighted by molar-refractivity contribution is 5.98. The highest BCUT2D eigenvalue weighted by Gasteiger charge is 2.17. The Kier molecular flexibility index (Phi) is 4.73. The second-order valence-electron chi connectivity index (χ2n) is 5.39. The standard InChI is InChI=1S/C16H19NO4/c1-10(16(20)21)17-15(19)8-7-14(18)13-6-5-11-3-2-4-12(11)9-13/h5-6,9-10H,2-4,7-8H2,1H3,(H,17,19)(H,20,21)/t10-/m0/s1. The molecule has 21 heavy (non-hydrogen) atoms. The molecular formula is C16H19NO4. The number of aliphatic carboxylic acids is 1. The van der Waals surface area contributed by atoms with Gasteiger partial charge in [-0.05, 0) is 43.4 Å². The topological polar surface area (TPSA) is 83.5 Å². The first-order valence-electron chi connectivity index (χ1n) is 7.14. The highest BCUT2D eigenvalue weighted by atomic mass is 16.4. The van der Waals surface area contributed by atoms with Crippen LogP contribution in [0.15, 0.2) is 18.2 Å². The third kappa shape index (κ3) is 3.90. The van der Waals surface area contributed by atoms with E-state index < -0.39 is 17.9 Å². The molecule has 0 heterocycles. The predicted octanol–water partition coefficient (Wildman–Crippen LogP) is 1.73. The van der Waals surface area contributed by atoms with Crippen molar-refractivity contribution in [2.75, 3.05) is 0 Å². The number of benzene rings is 1. The molecule has 5 heteroatoms. The van der Waals surface area contributed by atoms with Gasteiger partial charge in [-0.25, -0.2) is 0 Å². The second kappa shape index (κ2) is 6.52. The lowest BCUT2D eigenvalue weighted by atomic mass is 10.0. The molecule has 1 aromatic rings. The second-order valence-corrected chi connectivity index (χ2v) is 5.39. The monoisotopic (exact) mass is 289 g/mol. The molecule has 0 saturated carbocycles. The lowest BCUT2D eigenvalue weighted by molar-refractivity contribution is -0.141. The van der Waals surface area contributed by atoms with Gasteiger partial charge in [-0.1, -0.05) is 12.1 Å². The Bertz CT molecular complexity index is 580. The largest absolute Gasteiger partial charge is 0.480 e. The van der Waals surface area contributed by atoms with Gasteiger partial charge in [-0.2, -0.15) is 0 Å². The average Bonchev–Trinajstić information content (AvgIpc) is 2.91. The van der Waals surface area contributed by atoms with Gasteiger partial charge in [0.2, 0.25) is 5.91 Å². The van der Waals surface area contributed by atoms with Crippen LogP contribution in [0.5, 0.6) is 0 Å². The molecule has 2 N–H and O–H groups in total. The number of Topliss-reactive ketones (excluding diaryl/α,β-unsaturated/α-hetero) is 1. The van der Waals surface area contributed by atoms with E-state index in [0.717, 1.165) is 19.3 Å². The molecular weight excluding hydrogens is 270 g/mol. The molecule has 112 valence electrons. The Morgan fingerprint density at radius 3 is 2.62 bits per heavy atom. The van der Waals surface area contributed by atoms with E-state index in [1.807, 2.05) is 18.2 Å². The van der Waals surface area contributed by atoms with Gasteiger partial charge in [0.1, 0.15) is 6.04 Å². The van der Waals surface area contributed by atoms with Gasteiger partial charge in [-0.15, -0.1) is 0 Å². The van der Waals surface area contributed by atoms with Gasteiger partial charge < -0.3 is 10.4 Å². The quantitative estimate of drug-likeness (QED) is 0.781. The van der Waals surface area contributed by atoms with Crippen LogP contribution in [-0.2, 0) is 22.4 Å². The minimum absolute atomic E-state index is 0.00748. The maximum Gasteiger partial charge on any atom is 0.325 e. The number of ketones is 1. The number of hydrogen-bond acceptors (Lipinski definition) is 3. The highest BCUT2D eigenvalue weighted by Crippen LogP contribution is 2.23. The first kappa shape index (κ1) is 15.2. The number of rotatable bonds is 6. The fourth-order valence-electron chi connectivity index (χ4n) is 2.49. The molecule has 0 aliphatic heterocycles. The maximum atomic E-state index is 12.1. The van der Waals surface area contributed by atoms with Crippen LogP contribution in [0.2, 0.25) is 0 Å². The first-order chi connectivity index (χ1) is 9.97. The minimum Gasteiger partial charge on any atom is -0.480 e. The zero-order chi connectivity index (χ0) is 15.4. The van der Waals surface area contributed by atoms with Crippen LogP contribution in [-0.4, -0.2) is 28.8 Å². The predicted molar refractivity (Wildman–Crippen MR) is 77.3 cm³/mol. The first-order valence-corrected chi connectivity index (χ1v) is 7.14. The summed E-state index contributed by atoms with van der Waals surface area (Å²) in [5.74, 6) is -1.59. The van der Waals surface area contributed by atoms with Gasteiger partial charge in [0.15, 0.2) is 5.78 Å². The van der Waals surface area contributed by atoms with Crippen molar-refractivity contribution >= 4 is 17.7 Å². The van der Waals surface area contributed by atoms with E-state index >= 15 is 0 Å². The molecule has 0 aromatic heterocycles. The normalized spacial score (nSPS) is 14.3. The summed E-state index contributed by atoms with van der Waals surface area (Å²) in [6.07, 6.45) is 3.30. The molecule has 5 nitrogen and oxygen atoms in total. The minimum atomic E-state index is -1.09. The molecule has 0 bridgehead atoms. The molecule has 1 aliphatic rings.